The Morgan fingerprint density at radius 1 is 1.83 bits per heavy atom. The van der Waals surface area contributed by atoms with Crippen molar-refractivity contribution in [3.05, 3.63) is 0 Å². The van der Waals surface area contributed by atoms with Crippen molar-refractivity contribution in [3.8, 4) is 0 Å². The van der Waals surface area contributed by atoms with Gasteiger partial charge in [0.05, 0.1) is 6.61 Å². The highest BCUT2D eigenvalue weighted by atomic mass is 16.7. The molecule has 2 aliphatic heterocycles. The van der Waals surface area contributed by atoms with Gasteiger partial charge in [-0.1, -0.05) is 0 Å². The summed E-state index contributed by atoms with van der Waals surface area (Å²) in [5.41, 5.74) is -1.39. The van der Waals surface area contributed by atoms with Gasteiger partial charge in [0, 0.05) is 0 Å². The quantitative estimate of drug-likeness (QED) is 0.311. The highest BCUT2D eigenvalue weighted by Crippen LogP contribution is 2.43. The molecule has 12 heavy (non-hydrogen) atoms. The Balaban J connectivity index is 2.13. The molecular weight excluding hydrogens is 164 g/mol. The molecule has 0 aromatic rings. The van der Waals surface area contributed by atoms with E-state index in [-0.39, 0.29) is 13.2 Å². The molecule has 0 spiro atoms. The van der Waals surface area contributed by atoms with E-state index in [0.717, 1.165) is 0 Å². The van der Waals surface area contributed by atoms with Gasteiger partial charge in [-0.15, -0.1) is 0 Å². The van der Waals surface area contributed by atoms with Gasteiger partial charge in [-0.2, -0.15) is 0 Å². The van der Waals surface area contributed by atoms with Crippen LogP contribution in [0.25, 0.3) is 0 Å². The standard InChI is InChI=1S/C7H8O5/c1-2-10-5(8)7-4(12-7)3-11-6(7)9/h4H,2-3H2,1H3. The number of hydrogen-bond acceptors (Lipinski definition) is 5. The predicted molar refractivity (Wildman–Crippen MR) is 35.2 cm³/mol. The normalized spacial score (nSPS) is 37.1. The monoisotopic (exact) mass is 172 g/mol. The molecule has 0 aromatic carbocycles. The van der Waals surface area contributed by atoms with Gasteiger partial charge in [0.15, 0.2) is 0 Å². The van der Waals surface area contributed by atoms with Crippen molar-refractivity contribution in [1.82, 2.24) is 0 Å². The molecular formula is C7H8O5. The number of rotatable bonds is 2. The molecule has 2 unspecified atom stereocenters. The third kappa shape index (κ3) is 0.714. The average molecular weight is 172 g/mol. The van der Waals surface area contributed by atoms with E-state index in [1.807, 2.05) is 0 Å². The molecule has 2 aliphatic rings. The van der Waals surface area contributed by atoms with Crippen LogP contribution < -0.4 is 0 Å². The number of hydrogen-bond donors (Lipinski definition) is 0. The van der Waals surface area contributed by atoms with Gasteiger partial charge in [0.1, 0.15) is 12.7 Å². The summed E-state index contributed by atoms with van der Waals surface area (Å²) < 4.78 is 14.2. The summed E-state index contributed by atoms with van der Waals surface area (Å²) in [5, 5.41) is 0. The molecule has 0 radical (unpaired) electrons. The van der Waals surface area contributed by atoms with Crippen molar-refractivity contribution >= 4 is 11.9 Å². The fourth-order valence-corrected chi connectivity index (χ4v) is 1.28. The molecule has 0 aromatic heterocycles. The smallest absolute Gasteiger partial charge is 0.353 e. The SMILES string of the molecule is CCOC(=O)C12OC1COC2=O. The summed E-state index contributed by atoms with van der Waals surface area (Å²) in [5.74, 6) is -1.25. The highest BCUT2D eigenvalue weighted by Gasteiger charge is 2.75. The second kappa shape index (κ2) is 2.20. The largest absolute Gasteiger partial charge is 0.463 e. The minimum absolute atomic E-state index is 0.164. The van der Waals surface area contributed by atoms with E-state index in [1.54, 1.807) is 6.92 Å². The van der Waals surface area contributed by atoms with E-state index >= 15 is 0 Å². The van der Waals surface area contributed by atoms with Crippen molar-refractivity contribution < 1.29 is 23.8 Å². The van der Waals surface area contributed by atoms with Crippen LogP contribution in [0, 0.1) is 0 Å². The molecule has 0 saturated carbocycles. The summed E-state index contributed by atoms with van der Waals surface area (Å²) in [6.45, 7) is 2.08. The molecule has 2 heterocycles. The number of cyclic esters (lactones) is 1. The fourth-order valence-electron chi connectivity index (χ4n) is 1.28. The molecule has 2 saturated heterocycles. The summed E-state index contributed by atoms with van der Waals surface area (Å²) in [4.78, 5) is 22.2. The van der Waals surface area contributed by atoms with Crippen LogP contribution in [0.2, 0.25) is 0 Å². The minimum atomic E-state index is -1.39. The summed E-state index contributed by atoms with van der Waals surface area (Å²) >= 11 is 0. The third-order valence-electron chi connectivity index (χ3n) is 1.97. The van der Waals surface area contributed by atoms with Crippen LogP contribution in [-0.2, 0) is 23.8 Å². The van der Waals surface area contributed by atoms with E-state index in [4.69, 9.17) is 4.74 Å². The number of carbonyl (C=O) groups is 2. The van der Waals surface area contributed by atoms with Gasteiger partial charge in [0.2, 0.25) is 0 Å². The lowest BCUT2D eigenvalue weighted by atomic mass is 10.1. The highest BCUT2D eigenvalue weighted by molar-refractivity contribution is 6.08. The Morgan fingerprint density at radius 2 is 2.58 bits per heavy atom. The summed E-state index contributed by atoms with van der Waals surface area (Å²) in [6, 6.07) is 0. The Morgan fingerprint density at radius 3 is 3.00 bits per heavy atom. The van der Waals surface area contributed by atoms with Crippen LogP contribution in [0.5, 0.6) is 0 Å². The van der Waals surface area contributed by atoms with Crippen LogP contribution >= 0.6 is 0 Å². The van der Waals surface area contributed by atoms with Gasteiger partial charge in [-0.05, 0) is 6.92 Å². The lowest BCUT2D eigenvalue weighted by Gasteiger charge is -2.04. The molecule has 0 aliphatic carbocycles. The van der Waals surface area contributed by atoms with E-state index in [9.17, 15) is 9.59 Å². The zero-order valence-corrected chi connectivity index (χ0v) is 6.53. The van der Waals surface area contributed by atoms with E-state index < -0.39 is 23.6 Å². The van der Waals surface area contributed by atoms with Crippen LogP contribution in [0.1, 0.15) is 6.92 Å². The van der Waals surface area contributed by atoms with Crippen LogP contribution in [0.15, 0.2) is 0 Å². The van der Waals surface area contributed by atoms with Crippen molar-refractivity contribution in [3.63, 3.8) is 0 Å². The molecule has 0 bridgehead atoms. The molecule has 5 nitrogen and oxygen atoms in total. The lowest BCUT2D eigenvalue weighted by Crippen LogP contribution is -2.34. The summed E-state index contributed by atoms with van der Waals surface area (Å²) in [6.07, 6.45) is -0.413. The maximum atomic E-state index is 11.2. The number of ether oxygens (including phenoxy) is 3. The van der Waals surface area contributed by atoms with Gasteiger partial charge in [0.25, 0.3) is 5.60 Å². The van der Waals surface area contributed by atoms with Crippen molar-refractivity contribution in [2.45, 2.75) is 18.6 Å². The number of esters is 2. The van der Waals surface area contributed by atoms with Crippen molar-refractivity contribution in [2.75, 3.05) is 13.2 Å². The van der Waals surface area contributed by atoms with E-state index in [2.05, 4.69) is 9.47 Å². The molecule has 0 N–H and O–H groups in total. The first-order chi connectivity index (χ1) is 5.71. The minimum Gasteiger partial charge on any atom is -0.463 e. The van der Waals surface area contributed by atoms with Gasteiger partial charge in [-0.3, -0.25) is 0 Å². The van der Waals surface area contributed by atoms with Gasteiger partial charge in [-0.25, -0.2) is 9.59 Å². The molecule has 2 fully saturated rings. The second-order valence-corrected chi connectivity index (χ2v) is 2.66. The molecule has 0 amide bonds. The maximum absolute atomic E-state index is 11.2. The zero-order valence-electron chi connectivity index (χ0n) is 6.53. The van der Waals surface area contributed by atoms with Gasteiger partial charge < -0.3 is 14.2 Å². The number of carbonyl (C=O) groups excluding carboxylic acids is 2. The predicted octanol–water partition coefficient (Wildman–Crippen LogP) is -0.756. The van der Waals surface area contributed by atoms with Crippen LogP contribution in [0.3, 0.4) is 0 Å². The number of fused-ring (bicyclic) bond motifs is 1. The molecule has 66 valence electrons. The summed E-state index contributed by atoms with van der Waals surface area (Å²) in [7, 11) is 0. The second-order valence-electron chi connectivity index (χ2n) is 2.66. The first kappa shape index (κ1) is 7.54. The Labute approximate surface area is 68.6 Å². The first-order valence-corrected chi connectivity index (χ1v) is 3.74. The Hall–Kier alpha value is -1.10. The maximum Gasteiger partial charge on any atom is 0.353 e. The molecule has 2 rings (SSSR count). The van der Waals surface area contributed by atoms with E-state index in [1.165, 1.54) is 0 Å². The van der Waals surface area contributed by atoms with Crippen molar-refractivity contribution in [2.24, 2.45) is 0 Å². The van der Waals surface area contributed by atoms with Gasteiger partial charge >= 0.3 is 11.9 Å². The van der Waals surface area contributed by atoms with Crippen molar-refractivity contribution in [1.29, 1.82) is 0 Å². The first-order valence-electron chi connectivity index (χ1n) is 3.74. The van der Waals surface area contributed by atoms with Crippen LogP contribution in [-0.4, -0.2) is 36.9 Å². The topological polar surface area (TPSA) is 65.1 Å². The Kier molecular flexibility index (Phi) is 1.38. The number of epoxide rings is 1. The van der Waals surface area contributed by atoms with E-state index in [0.29, 0.717) is 0 Å². The lowest BCUT2D eigenvalue weighted by molar-refractivity contribution is -0.162. The molecule has 2 atom stereocenters. The van der Waals surface area contributed by atoms with Crippen LogP contribution in [0.4, 0.5) is 0 Å². The zero-order chi connectivity index (χ0) is 8.77. The fraction of sp³-hybridized carbons (Fsp3) is 0.714. The third-order valence-corrected chi connectivity index (χ3v) is 1.97. The molecule has 5 heteroatoms. The Bertz CT molecular complexity index is 248. The average Bonchev–Trinajstić information content (AvgIpc) is 2.69.